The first kappa shape index (κ1) is 18.6. The molecule has 0 saturated carbocycles. The van der Waals surface area contributed by atoms with Gasteiger partial charge in [-0.2, -0.15) is 5.10 Å². The van der Waals surface area contributed by atoms with Crippen molar-refractivity contribution in [1.82, 2.24) is 15.1 Å². The normalized spacial score (nSPS) is 12.2. The number of rotatable bonds is 5. The molecule has 0 aliphatic carbocycles. The van der Waals surface area contributed by atoms with Gasteiger partial charge in [-0.05, 0) is 30.7 Å². The van der Waals surface area contributed by atoms with Crippen molar-refractivity contribution in [1.29, 1.82) is 0 Å². The van der Waals surface area contributed by atoms with Crippen molar-refractivity contribution in [2.45, 2.75) is 19.4 Å². The SMILES string of the molecule is COC(=O)C[C@H](NC(=O)c1cc2c(C)nn(C)c2s1)c1ccc(Br)cc1. The fraction of sp³-hybridized carbons (Fsp3) is 0.278. The van der Waals surface area contributed by atoms with Crippen LogP contribution in [0.25, 0.3) is 10.2 Å². The number of thiophene rings is 1. The van der Waals surface area contributed by atoms with E-state index < -0.39 is 6.04 Å². The molecule has 3 aromatic rings. The quantitative estimate of drug-likeness (QED) is 0.619. The molecule has 3 rings (SSSR count). The summed E-state index contributed by atoms with van der Waals surface area (Å²) in [5.41, 5.74) is 1.72. The highest BCUT2D eigenvalue weighted by Crippen LogP contribution is 2.28. The van der Waals surface area contributed by atoms with Crippen LogP contribution >= 0.6 is 27.3 Å². The lowest BCUT2D eigenvalue weighted by Gasteiger charge is -2.18. The summed E-state index contributed by atoms with van der Waals surface area (Å²) < 4.78 is 7.47. The number of esters is 1. The van der Waals surface area contributed by atoms with Crippen molar-refractivity contribution in [2.24, 2.45) is 7.05 Å². The first-order valence-corrected chi connectivity index (χ1v) is 9.56. The molecule has 136 valence electrons. The van der Waals surface area contributed by atoms with Gasteiger partial charge in [0.15, 0.2) is 0 Å². The Morgan fingerprint density at radius 3 is 2.65 bits per heavy atom. The van der Waals surface area contributed by atoms with Crippen LogP contribution in [0.15, 0.2) is 34.8 Å². The van der Waals surface area contributed by atoms with Crippen molar-refractivity contribution in [3.8, 4) is 0 Å². The number of methoxy groups -OCH3 is 1. The average Bonchev–Trinajstić information content (AvgIpc) is 3.17. The Hall–Kier alpha value is -2.19. The van der Waals surface area contributed by atoms with E-state index in [-0.39, 0.29) is 18.3 Å². The third-order valence-electron chi connectivity index (χ3n) is 4.10. The van der Waals surface area contributed by atoms with Crippen LogP contribution in [-0.2, 0) is 16.6 Å². The maximum Gasteiger partial charge on any atom is 0.307 e. The van der Waals surface area contributed by atoms with Crippen LogP contribution in [-0.4, -0.2) is 28.8 Å². The highest BCUT2D eigenvalue weighted by Gasteiger charge is 2.22. The molecule has 0 fully saturated rings. The molecular formula is C18H18BrN3O3S. The number of nitrogens with zero attached hydrogens (tertiary/aromatic N) is 2. The van der Waals surface area contributed by atoms with Crippen molar-refractivity contribution in [2.75, 3.05) is 7.11 Å². The molecule has 6 nitrogen and oxygen atoms in total. The molecule has 0 saturated heterocycles. The Morgan fingerprint density at radius 1 is 1.35 bits per heavy atom. The minimum atomic E-state index is -0.465. The van der Waals surface area contributed by atoms with E-state index in [0.717, 1.165) is 25.9 Å². The second-order valence-corrected chi connectivity index (χ2v) is 7.84. The van der Waals surface area contributed by atoms with Gasteiger partial charge in [0.1, 0.15) is 4.83 Å². The Kier molecular flexibility index (Phi) is 5.43. The summed E-state index contributed by atoms with van der Waals surface area (Å²) >= 11 is 4.77. The topological polar surface area (TPSA) is 73.2 Å². The number of fused-ring (bicyclic) bond motifs is 1. The second-order valence-electron chi connectivity index (χ2n) is 5.90. The molecule has 8 heteroatoms. The molecule has 0 unspecified atom stereocenters. The van der Waals surface area contributed by atoms with E-state index in [1.54, 1.807) is 4.68 Å². The predicted molar refractivity (Wildman–Crippen MR) is 104 cm³/mol. The molecule has 0 radical (unpaired) electrons. The molecule has 0 spiro atoms. The van der Waals surface area contributed by atoms with E-state index in [2.05, 4.69) is 26.3 Å². The van der Waals surface area contributed by atoms with Gasteiger partial charge in [-0.15, -0.1) is 11.3 Å². The largest absolute Gasteiger partial charge is 0.469 e. The zero-order valence-corrected chi connectivity index (χ0v) is 17.0. The van der Waals surface area contributed by atoms with Gasteiger partial charge >= 0.3 is 5.97 Å². The van der Waals surface area contributed by atoms with E-state index in [9.17, 15) is 9.59 Å². The molecule has 1 N–H and O–H groups in total. The van der Waals surface area contributed by atoms with Crippen LogP contribution < -0.4 is 5.32 Å². The minimum Gasteiger partial charge on any atom is -0.469 e. The first-order valence-electron chi connectivity index (χ1n) is 7.95. The van der Waals surface area contributed by atoms with Gasteiger partial charge < -0.3 is 10.1 Å². The van der Waals surface area contributed by atoms with Crippen LogP contribution in [0, 0.1) is 6.92 Å². The lowest BCUT2D eigenvalue weighted by molar-refractivity contribution is -0.141. The van der Waals surface area contributed by atoms with Gasteiger partial charge in [-0.25, -0.2) is 0 Å². The van der Waals surface area contributed by atoms with Gasteiger partial charge in [-0.1, -0.05) is 28.1 Å². The Bertz CT molecular complexity index is 928. The van der Waals surface area contributed by atoms with Crippen LogP contribution in [0.4, 0.5) is 0 Å². The van der Waals surface area contributed by atoms with Crippen LogP contribution in [0.1, 0.15) is 33.4 Å². The molecule has 2 aromatic heterocycles. The number of ether oxygens (including phenoxy) is 1. The number of hydrogen-bond acceptors (Lipinski definition) is 5. The van der Waals surface area contributed by atoms with Crippen molar-refractivity contribution >= 4 is 49.4 Å². The van der Waals surface area contributed by atoms with E-state index in [4.69, 9.17) is 4.74 Å². The van der Waals surface area contributed by atoms with Gasteiger partial charge in [0.25, 0.3) is 5.91 Å². The molecule has 26 heavy (non-hydrogen) atoms. The number of benzene rings is 1. The zero-order valence-electron chi connectivity index (χ0n) is 14.6. The van der Waals surface area contributed by atoms with Crippen LogP contribution in [0.5, 0.6) is 0 Å². The number of nitrogens with one attached hydrogen (secondary N) is 1. The van der Waals surface area contributed by atoms with Crippen LogP contribution in [0.3, 0.4) is 0 Å². The molecule has 0 aliphatic heterocycles. The standard InChI is InChI=1S/C18H18BrN3O3S/c1-10-13-8-15(26-18(13)22(2)21-10)17(24)20-14(9-16(23)25-3)11-4-6-12(19)7-5-11/h4-8,14H,9H2,1-3H3,(H,20,24)/t14-/m0/s1. The maximum atomic E-state index is 12.8. The van der Waals surface area contributed by atoms with Crippen molar-refractivity contribution in [3.05, 3.63) is 50.9 Å². The average molecular weight is 436 g/mol. The summed E-state index contributed by atoms with van der Waals surface area (Å²) in [6.07, 6.45) is 0.0648. The van der Waals surface area contributed by atoms with E-state index in [0.29, 0.717) is 4.88 Å². The van der Waals surface area contributed by atoms with Gasteiger partial charge in [-0.3, -0.25) is 14.3 Å². The monoisotopic (exact) mass is 435 g/mol. The van der Waals surface area contributed by atoms with Gasteiger partial charge in [0, 0.05) is 16.9 Å². The third-order valence-corrected chi connectivity index (χ3v) is 5.83. The molecular weight excluding hydrogens is 418 g/mol. The number of aromatic nitrogens is 2. The molecule has 0 bridgehead atoms. The van der Waals surface area contributed by atoms with Crippen molar-refractivity contribution in [3.63, 3.8) is 0 Å². The van der Waals surface area contributed by atoms with Gasteiger partial charge in [0.05, 0.1) is 30.1 Å². The predicted octanol–water partition coefficient (Wildman–Crippen LogP) is 3.74. The highest BCUT2D eigenvalue weighted by atomic mass is 79.9. The summed E-state index contributed by atoms with van der Waals surface area (Å²) in [4.78, 5) is 26.1. The second kappa shape index (κ2) is 7.59. The fourth-order valence-corrected chi connectivity index (χ4v) is 4.03. The summed E-state index contributed by atoms with van der Waals surface area (Å²) in [6.45, 7) is 1.92. The number of carbonyl (C=O) groups is 2. The number of hydrogen-bond donors (Lipinski definition) is 1. The Balaban J connectivity index is 1.86. The van der Waals surface area contributed by atoms with Gasteiger partial charge in [0.2, 0.25) is 0 Å². The number of aryl methyl sites for hydroxylation is 2. The maximum absolute atomic E-state index is 12.8. The summed E-state index contributed by atoms with van der Waals surface area (Å²) in [5, 5.41) is 8.27. The number of amides is 1. The Morgan fingerprint density at radius 2 is 2.04 bits per heavy atom. The molecule has 1 aromatic carbocycles. The molecule has 2 heterocycles. The summed E-state index contributed by atoms with van der Waals surface area (Å²) in [7, 11) is 3.19. The number of carbonyl (C=O) groups excluding carboxylic acids is 2. The van der Waals surface area contributed by atoms with Crippen LogP contribution in [0.2, 0.25) is 0 Å². The molecule has 0 aliphatic rings. The Labute approximate surface area is 163 Å². The van der Waals surface area contributed by atoms with Crippen molar-refractivity contribution < 1.29 is 14.3 Å². The summed E-state index contributed by atoms with van der Waals surface area (Å²) in [6, 6.07) is 8.87. The third kappa shape index (κ3) is 3.81. The fourth-order valence-electron chi connectivity index (χ4n) is 2.74. The lowest BCUT2D eigenvalue weighted by atomic mass is 10.0. The van der Waals surface area contributed by atoms with E-state index >= 15 is 0 Å². The molecule has 1 atom stereocenters. The lowest BCUT2D eigenvalue weighted by Crippen LogP contribution is -2.30. The highest BCUT2D eigenvalue weighted by molar-refractivity contribution is 9.10. The smallest absolute Gasteiger partial charge is 0.307 e. The first-order chi connectivity index (χ1) is 12.4. The van der Waals surface area contributed by atoms with E-state index in [1.807, 2.05) is 44.3 Å². The summed E-state index contributed by atoms with van der Waals surface area (Å²) in [5.74, 6) is -0.600. The molecule has 1 amide bonds. The number of halogens is 1. The zero-order chi connectivity index (χ0) is 18.8. The minimum absolute atomic E-state index is 0.0648. The van der Waals surface area contributed by atoms with E-state index in [1.165, 1.54) is 18.4 Å².